The third kappa shape index (κ3) is 5.10. The second-order valence-corrected chi connectivity index (χ2v) is 9.56. The fourth-order valence-corrected chi connectivity index (χ4v) is 4.82. The predicted molar refractivity (Wildman–Crippen MR) is 121 cm³/mol. The zero-order valence-corrected chi connectivity index (χ0v) is 19.3. The highest BCUT2D eigenvalue weighted by Gasteiger charge is 2.15. The van der Waals surface area contributed by atoms with E-state index in [9.17, 15) is 4.79 Å². The molecule has 0 radical (unpaired) electrons. The number of benzene rings is 2. The van der Waals surface area contributed by atoms with Crippen LogP contribution in [0.5, 0.6) is 0 Å². The van der Waals surface area contributed by atoms with Crippen molar-refractivity contribution in [1.29, 1.82) is 0 Å². The molecule has 0 aliphatic carbocycles. The molecular formula is C22H24Cl2N2O2S. The van der Waals surface area contributed by atoms with Gasteiger partial charge in [0.2, 0.25) is 0 Å². The zero-order chi connectivity index (χ0) is 21.2. The van der Waals surface area contributed by atoms with Gasteiger partial charge in [0.1, 0.15) is 0 Å². The molecule has 0 spiro atoms. The molecule has 2 aromatic carbocycles. The molecule has 1 amide bonds. The topological polar surface area (TPSA) is 43.6 Å². The number of aromatic nitrogens is 1. The fourth-order valence-electron chi connectivity index (χ4n) is 2.99. The third-order valence-electron chi connectivity index (χ3n) is 4.55. The minimum absolute atomic E-state index is 0.0303. The number of carbonyl (C=O) groups is 1. The first-order valence-electron chi connectivity index (χ1n) is 9.46. The van der Waals surface area contributed by atoms with Crippen molar-refractivity contribution in [3.63, 3.8) is 0 Å². The molecule has 0 fully saturated rings. The number of rotatable bonds is 5. The Hall–Kier alpha value is -1.66. The first-order valence-corrected chi connectivity index (χ1v) is 11.0. The van der Waals surface area contributed by atoms with Gasteiger partial charge >= 0.3 is 0 Å². The lowest BCUT2D eigenvalue weighted by molar-refractivity contribution is 0.0996. The summed E-state index contributed by atoms with van der Waals surface area (Å²) in [5, 5.41) is 1.08. The molecule has 0 aliphatic heterocycles. The van der Waals surface area contributed by atoms with E-state index in [1.165, 1.54) is 16.9 Å². The van der Waals surface area contributed by atoms with Crippen molar-refractivity contribution in [2.24, 2.45) is 4.99 Å². The van der Waals surface area contributed by atoms with Gasteiger partial charge in [-0.15, -0.1) is 0 Å². The van der Waals surface area contributed by atoms with Crippen LogP contribution in [-0.4, -0.2) is 23.7 Å². The smallest absolute Gasteiger partial charge is 0.279 e. The Morgan fingerprint density at radius 1 is 1.17 bits per heavy atom. The summed E-state index contributed by atoms with van der Waals surface area (Å²) in [4.78, 5) is 17.8. The van der Waals surface area contributed by atoms with Crippen LogP contribution in [0.15, 0.2) is 41.4 Å². The van der Waals surface area contributed by atoms with Gasteiger partial charge in [0.25, 0.3) is 5.91 Å². The van der Waals surface area contributed by atoms with E-state index in [4.69, 9.17) is 27.9 Å². The van der Waals surface area contributed by atoms with Gasteiger partial charge in [0, 0.05) is 23.7 Å². The van der Waals surface area contributed by atoms with E-state index < -0.39 is 0 Å². The molecule has 0 saturated carbocycles. The number of halogens is 2. The molecule has 0 unspecified atom stereocenters. The van der Waals surface area contributed by atoms with E-state index in [0.29, 0.717) is 40.2 Å². The van der Waals surface area contributed by atoms with E-state index in [-0.39, 0.29) is 11.3 Å². The summed E-state index contributed by atoms with van der Waals surface area (Å²) in [6.45, 7) is 10.0. The van der Waals surface area contributed by atoms with Crippen molar-refractivity contribution in [3.05, 3.63) is 62.4 Å². The van der Waals surface area contributed by atoms with Crippen molar-refractivity contribution < 1.29 is 9.53 Å². The number of ether oxygens (including phenoxy) is 1. The number of hydrogen-bond donors (Lipinski definition) is 0. The monoisotopic (exact) mass is 450 g/mol. The maximum Gasteiger partial charge on any atom is 0.279 e. The highest BCUT2D eigenvalue weighted by Crippen LogP contribution is 2.30. The lowest BCUT2D eigenvalue weighted by Gasteiger charge is -2.18. The standard InChI is InChI=1S/C22H24Cl2N2O2S/c1-5-28-11-10-26-19-17(24)12-16(23)13-18(19)29-21(26)25-20(27)14-6-8-15(9-7-14)22(2,3)4/h6-9,12-13H,5,10-11H2,1-4H3. The van der Waals surface area contributed by atoms with Crippen LogP contribution in [0.1, 0.15) is 43.6 Å². The van der Waals surface area contributed by atoms with Crippen molar-refractivity contribution in [2.45, 2.75) is 39.7 Å². The van der Waals surface area contributed by atoms with Crippen molar-refractivity contribution in [2.75, 3.05) is 13.2 Å². The number of hydrogen-bond acceptors (Lipinski definition) is 3. The second kappa shape index (κ2) is 9.00. The maximum absolute atomic E-state index is 12.8. The molecule has 4 nitrogen and oxygen atoms in total. The van der Waals surface area contributed by atoms with Crippen LogP contribution in [0, 0.1) is 0 Å². The molecule has 154 valence electrons. The summed E-state index contributed by atoms with van der Waals surface area (Å²) in [6, 6.07) is 11.2. The summed E-state index contributed by atoms with van der Waals surface area (Å²) >= 11 is 14.0. The van der Waals surface area contributed by atoms with Gasteiger partial charge in [-0.1, -0.05) is 67.4 Å². The van der Waals surface area contributed by atoms with Crippen LogP contribution < -0.4 is 4.80 Å². The number of fused-ring (bicyclic) bond motifs is 1. The highest BCUT2D eigenvalue weighted by atomic mass is 35.5. The fraction of sp³-hybridized carbons (Fsp3) is 0.364. The van der Waals surface area contributed by atoms with Gasteiger partial charge in [-0.2, -0.15) is 4.99 Å². The quantitative estimate of drug-likeness (QED) is 0.441. The molecule has 3 rings (SSSR count). The number of carbonyl (C=O) groups excluding carboxylic acids is 1. The molecule has 0 aliphatic rings. The van der Waals surface area contributed by atoms with Crippen LogP contribution >= 0.6 is 34.5 Å². The van der Waals surface area contributed by atoms with Crippen molar-refractivity contribution >= 4 is 50.7 Å². The summed E-state index contributed by atoms with van der Waals surface area (Å²) in [7, 11) is 0. The lowest BCUT2D eigenvalue weighted by atomic mass is 9.87. The van der Waals surface area contributed by atoms with Crippen LogP contribution in [0.25, 0.3) is 10.2 Å². The predicted octanol–water partition coefficient (Wildman–Crippen LogP) is 6.08. The second-order valence-electron chi connectivity index (χ2n) is 7.71. The maximum atomic E-state index is 12.8. The Kier molecular flexibility index (Phi) is 6.84. The Morgan fingerprint density at radius 3 is 2.48 bits per heavy atom. The minimum Gasteiger partial charge on any atom is -0.380 e. The SMILES string of the molecule is CCOCCn1c(=NC(=O)c2ccc(C(C)(C)C)cc2)sc2cc(Cl)cc(Cl)c21. The zero-order valence-electron chi connectivity index (χ0n) is 17.0. The molecule has 0 bridgehead atoms. The Balaban J connectivity index is 2.05. The summed E-state index contributed by atoms with van der Waals surface area (Å²) in [5.41, 5.74) is 2.57. The first-order chi connectivity index (χ1) is 13.7. The molecule has 29 heavy (non-hydrogen) atoms. The molecule has 1 heterocycles. The lowest BCUT2D eigenvalue weighted by Crippen LogP contribution is -2.20. The van der Waals surface area contributed by atoms with Gasteiger partial charge in [-0.25, -0.2) is 0 Å². The molecule has 7 heteroatoms. The molecule has 0 N–H and O–H groups in total. The molecule has 1 aromatic heterocycles. The van der Waals surface area contributed by atoms with Gasteiger partial charge in [0.15, 0.2) is 4.80 Å². The van der Waals surface area contributed by atoms with Crippen LogP contribution in [0.3, 0.4) is 0 Å². The summed E-state index contributed by atoms with van der Waals surface area (Å²) in [6.07, 6.45) is 0. The number of nitrogens with zero attached hydrogens (tertiary/aromatic N) is 2. The molecule has 0 atom stereocenters. The average Bonchev–Trinajstić information content (AvgIpc) is 2.98. The Bertz CT molecular complexity index is 1090. The normalized spacial score (nSPS) is 12.7. The average molecular weight is 451 g/mol. The summed E-state index contributed by atoms with van der Waals surface area (Å²) in [5.74, 6) is -0.288. The van der Waals surface area contributed by atoms with Crippen molar-refractivity contribution in [3.8, 4) is 0 Å². The Morgan fingerprint density at radius 2 is 1.86 bits per heavy atom. The minimum atomic E-state index is -0.288. The van der Waals surface area contributed by atoms with Crippen LogP contribution in [-0.2, 0) is 16.7 Å². The van der Waals surface area contributed by atoms with E-state index in [1.54, 1.807) is 6.07 Å². The summed E-state index contributed by atoms with van der Waals surface area (Å²) < 4.78 is 8.31. The van der Waals surface area contributed by atoms with Gasteiger partial charge in [-0.3, -0.25) is 4.79 Å². The molecular weight excluding hydrogens is 427 g/mol. The van der Waals surface area contributed by atoms with E-state index in [0.717, 1.165) is 10.2 Å². The van der Waals surface area contributed by atoms with Gasteiger partial charge in [-0.05, 0) is 42.2 Å². The van der Waals surface area contributed by atoms with Gasteiger partial charge in [0.05, 0.1) is 21.8 Å². The number of thiazole rings is 1. The molecule has 3 aromatic rings. The molecule has 0 saturated heterocycles. The number of amides is 1. The first kappa shape index (κ1) is 22.0. The van der Waals surface area contributed by atoms with Crippen LogP contribution in [0.2, 0.25) is 10.0 Å². The van der Waals surface area contributed by atoms with E-state index >= 15 is 0 Å². The third-order valence-corrected chi connectivity index (χ3v) is 6.09. The van der Waals surface area contributed by atoms with Crippen LogP contribution in [0.4, 0.5) is 0 Å². The van der Waals surface area contributed by atoms with E-state index in [1.807, 2.05) is 41.8 Å². The Labute approximate surface area is 184 Å². The largest absolute Gasteiger partial charge is 0.380 e. The highest BCUT2D eigenvalue weighted by molar-refractivity contribution is 7.16. The van der Waals surface area contributed by atoms with Gasteiger partial charge < -0.3 is 9.30 Å². The van der Waals surface area contributed by atoms with E-state index in [2.05, 4.69) is 25.8 Å². The van der Waals surface area contributed by atoms with Crippen molar-refractivity contribution in [1.82, 2.24) is 4.57 Å².